The van der Waals surface area contributed by atoms with Crippen molar-refractivity contribution in [3.63, 3.8) is 0 Å². The summed E-state index contributed by atoms with van der Waals surface area (Å²) >= 11 is 3.36. The van der Waals surface area contributed by atoms with Crippen LogP contribution in [0.3, 0.4) is 0 Å². The molecule has 0 unspecified atom stereocenters. The van der Waals surface area contributed by atoms with Gasteiger partial charge in [0, 0.05) is 10.5 Å². The molecule has 0 fully saturated rings. The Kier molecular flexibility index (Phi) is 5.35. The van der Waals surface area contributed by atoms with Gasteiger partial charge >= 0.3 is 0 Å². The van der Waals surface area contributed by atoms with Gasteiger partial charge in [0.2, 0.25) is 10.0 Å². The lowest BCUT2D eigenvalue weighted by Gasteiger charge is -2.18. The predicted octanol–water partition coefficient (Wildman–Crippen LogP) is 3.75. The van der Waals surface area contributed by atoms with Crippen LogP contribution in [0.25, 0.3) is 0 Å². The largest absolute Gasteiger partial charge is 0.242 e. The fraction of sp³-hybridized carbons (Fsp3) is 0.188. The van der Waals surface area contributed by atoms with Crippen LogP contribution in [-0.4, -0.2) is 8.42 Å². The Labute approximate surface area is 139 Å². The Bertz CT molecular complexity index is 796. The Hall–Kier alpha value is -1.68. The molecule has 0 aliphatic heterocycles. The van der Waals surface area contributed by atoms with Crippen LogP contribution >= 0.6 is 15.9 Å². The smallest absolute Gasteiger partial charge is 0.207 e. The van der Waals surface area contributed by atoms with E-state index in [-0.39, 0.29) is 16.5 Å². The van der Waals surface area contributed by atoms with E-state index in [1.54, 1.807) is 12.1 Å². The number of benzene rings is 2. The first-order valence-corrected chi connectivity index (χ1v) is 9.02. The molecule has 0 amide bonds. The first kappa shape index (κ1) is 16.7. The van der Waals surface area contributed by atoms with Gasteiger partial charge in [-0.25, -0.2) is 13.1 Å². The molecule has 0 bridgehead atoms. The Morgan fingerprint density at radius 3 is 2.41 bits per heavy atom. The minimum atomic E-state index is -3.76. The maximum absolute atomic E-state index is 12.5. The van der Waals surface area contributed by atoms with E-state index in [1.165, 1.54) is 12.1 Å². The number of halogens is 1. The van der Waals surface area contributed by atoms with E-state index in [1.807, 2.05) is 37.3 Å². The van der Waals surface area contributed by atoms with E-state index in [0.29, 0.717) is 6.42 Å². The van der Waals surface area contributed by atoms with E-state index < -0.39 is 10.0 Å². The number of hydrogen-bond acceptors (Lipinski definition) is 3. The molecular formula is C16H15BrN2O2S. The van der Waals surface area contributed by atoms with Gasteiger partial charge in [0.1, 0.15) is 6.07 Å². The molecule has 6 heteroatoms. The predicted molar refractivity (Wildman–Crippen MR) is 88.7 cm³/mol. The lowest BCUT2D eigenvalue weighted by atomic mass is 10.1. The van der Waals surface area contributed by atoms with Crippen molar-refractivity contribution in [2.45, 2.75) is 24.3 Å². The maximum atomic E-state index is 12.5. The van der Waals surface area contributed by atoms with Gasteiger partial charge in [0.15, 0.2) is 0 Å². The minimum absolute atomic E-state index is 0.00746. The number of sulfonamides is 1. The number of nitrogens with one attached hydrogen (secondary N) is 1. The van der Waals surface area contributed by atoms with Crippen LogP contribution < -0.4 is 4.72 Å². The number of rotatable bonds is 5. The molecule has 2 aromatic carbocycles. The van der Waals surface area contributed by atoms with Crippen molar-refractivity contribution in [2.24, 2.45) is 0 Å². The quantitative estimate of drug-likeness (QED) is 0.860. The van der Waals surface area contributed by atoms with Gasteiger partial charge in [-0.3, -0.25) is 0 Å². The second-order valence-electron chi connectivity index (χ2n) is 4.74. The van der Waals surface area contributed by atoms with E-state index in [4.69, 9.17) is 5.26 Å². The van der Waals surface area contributed by atoms with Crippen LogP contribution in [0, 0.1) is 11.3 Å². The molecule has 0 spiro atoms. The molecule has 2 rings (SSSR count). The van der Waals surface area contributed by atoms with Crippen LogP contribution in [0.1, 0.15) is 30.5 Å². The van der Waals surface area contributed by atoms with E-state index in [2.05, 4.69) is 20.7 Å². The zero-order valence-electron chi connectivity index (χ0n) is 12.0. The summed E-state index contributed by atoms with van der Waals surface area (Å²) in [6.45, 7) is 1.91. The SMILES string of the molecule is CC[C@H](NS(=O)(=O)c1ccccc1C#N)c1ccc(Br)cc1. The first-order chi connectivity index (χ1) is 10.5. The Morgan fingerprint density at radius 2 is 1.82 bits per heavy atom. The summed E-state index contributed by atoms with van der Waals surface area (Å²) < 4.78 is 28.7. The summed E-state index contributed by atoms with van der Waals surface area (Å²) in [5.41, 5.74) is 1.02. The highest BCUT2D eigenvalue weighted by Crippen LogP contribution is 2.23. The standard InChI is InChI=1S/C16H15BrN2O2S/c1-2-15(12-7-9-14(17)10-8-12)19-22(20,21)16-6-4-3-5-13(16)11-18/h3-10,15,19H,2H2,1H3/t15-/m0/s1. The molecule has 22 heavy (non-hydrogen) atoms. The number of nitriles is 1. The van der Waals surface area contributed by atoms with Crippen LogP contribution in [0.2, 0.25) is 0 Å². The zero-order valence-corrected chi connectivity index (χ0v) is 14.4. The molecule has 1 atom stereocenters. The topological polar surface area (TPSA) is 70.0 Å². The first-order valence-electron chi connectivity index (χ1n) is 6.75. The lowest BCUT2D eigenvalue weighted by Crippen LogP contribution is -2.28. The molecule has 0 saturated carbocycles. The molecule has 2 aromatic rings. The van der Waals surface area contributed by atoms with E-state index in [0.717, 1.165) is 10.0 Å². The molecule has 114 valence electrons. The average molecular weight is 379 g/mol. The number of hydrogen-bond donors (Lipinski definition) is 1. The third-order valence-corrected chi connectivity index (χ3v) is 5.33. The van der Waals surface area contributed by atoms with Crippen molar-refractivity contribution in [2.75, 3.05) is 0 Å². The summed E-state index contributed by atoms with van der Waals surface area (Å²) in [6.07, 6.45) is 0.607. The van der Waals surface area contributed by atoms with Gasteiger partial charge in [-0.15, -0.1) is 0 Å². The highest BCUT2D eigenvalue weighted by Gasteiger charge is 2.22. The van der Waals surface area contributed by atoms with Crippen molar-refractivity contribution in [1.82, 2.24) is 4.72 Å². The monoisotopic (exact) mass is 378 g/mol. The van der Waals surface area contributed by atoms with Crippen LogP contribution in [0.4, 0.5) is 0 Å². The Balaban J connectivity index is 2.34. The second-order valence-corrected chi connectivity index (χ2v) is 7.34. The summed E-state index contributed by atoms with van der Waals surface area (Å²) in [7, 11) is -3.76. The second kappa shape index (κ2) is 7.05. The normalized spacial score (nSPS) is 12.6. The van der Waals surface area contributed by atoms with Crippen molar-refractivity contribution >= 4 is 26.0 Å². The van der Waals surface area contributed by atoms with Crippen molar-refractivity contribution in [1.29, 1.82) is 5.26 Å². The molecule has 0 heterocycles. The lowest BCUT2D eigenvalue weighted by molar-refractivity contribution is 0.550. The summed E-state index contributed by atoms with van der Waals surface area (Å²) in [6, 6.07) is 15.2. The van der Waals surface area contributed by atoms with Gasteiger partial charge in [0.25, 0.3) is 0 Å². The Morgan fingerprint density at radius 1 is 1.18 bits per heavy atom. The molecule has 0 radical (unpaired) electrons. The fourth-order valence-electron chi connectivity index (χ4n) is 2.13. The summed E-state index contributed by atoms with van der Waals surface area (Å²) in [5.74, 6) is 0. The van der Waals surface area contributed by atoms with Gasteiger partial charge in [-0.1, -0.05) is 47.1 Å². The zero-order chi connectivity index (χ0) is 16.2. The van der Waals surface area contributed by atoms with Crippen molar-refractivity contribution < 1.29 is 8.42 Å². The third kappa shape index (κ3) is 3.74. The minimum Gasteiger partial charge on any atom is -0.207 e. The summed E-state index contributed by atoms with van der Waals surface area (Å²) in [5, 5.41) is 9.07. The molecule has 0 aromatic heterocycles. The van der Waals surface area contributed by atoms with Crippen LogP contribution in [0.5, 0.6) is 0 Å². The molecule has 4 nitrogen and oxygen atoms in total. The van der Waals surface area contributed by atoms with Crippen LogP contribution in [-0.2, 0) is 10.0 Å². The average Bonchev–Trinajstić information content (AvgIpc) is 2.53. The van der Waals surface area contributed by atoms with Gasteiger partial charge in [-0.05, 0) is 36.2 Å². The van der Waals surface area contributed by atoms with Gasteiger partial charge in [0.05, 0.1) is 10.5 Å². The molecular weight excluding hydrogens is 364 g/mol. The van der Waals surface area contributed by atoms with Crippen molar-refractivity contribution in [3.05, 3.63) is 64.1 Å². The van der Waals surface area contributed by atoms with E-state index >= 15 is 0 Å². The van der Waals surface area contributed by atoms with Crippen molar-refractivity contribution in [3.8, 4) is 6.07 Å². The highest BCUT2D eigenvalue weighted by molar-refractivity contribution is 9.10. The molecule has 0 aliphatic rings. The fourth-order valence-corrected chi connectivity index (χ4v) is 3.86. The molecule has 1 N–H and O–H groups in total. The van der Waals surface area contributed by atoms with E-state index in [9.17, 15) is 8.42 Å². The third-order valence-electron chi connectivity index (χ3n) is 3.28. The molecule has 0 aliphatic carbocycles. The number of nitrogens with zero attached hydrogens (tertiary/aromatic N) is 1. The molecule has 0 saturated heterocycles. The summed E-state index contributed by atoms with van der Waals surface area (Å²) in [4.78, 5) is 0.00746. The highest BCUT2D eigenvalue weighted by atomic mass is 79.9. The van der Waals surface area contributed by atoms with Crippen LogP contribution in [0.15, 0.2) is 57.9 Å². The van der Waals surface area contributed by atoms with Gasteiger partial charge < -0.3 is 0 Å². The van der Waals surface area contributed by atoms with Gasteiger partial charge in [-0.2, -0.15) is 5.26 Å². The maximum Gasteiger partial charge on any atom is 0.242 e.